The summed E-state index contributed by atoms with van der Waals surface area (Å²) in [4.78, 5) is 13.4. The number of hydrogen-bond donors (Lipinski definition) is 0. The van der Waals surface area contributed by atoms with Gasteiger partial charge >= 0.3 is 0 Å². The Morgan fingerprint density at radius 1 is 1.05 bits per heavy atom. The van der Waals surface area contributed by atoms with Crippen LogP contribution in [0.1, 0.15) is 24.2 Å². The molecule has 1 aromatic carbocycles. The Morgan fingerprint density at radius 2 is 1.53 bits per heavy atom. The van der Waals surface area contributed by atoms with E-state index in [1.807, 2.05) is 0 Å². The molecule has 0 heterocycles. The van der Waals surface area contributed by atoms with Gasteiger partial charge in [-0.05, 0) is 24.3 Å². The molecular formula is C13H20N2O3S. The normalized spacial score (nSPS) is 11.6. The molecule has 0 saturated carbocycles. The molecule has 0 aliphatic carbocycles. The molecule has 0 fully saturated rings. The number of carbonyl (C=O) groups is 1. The maximum atomic E-state index is 12.2. The van der Waals surface area contributed by atoms with Crippen LogP contribution in [0.3, 0.4) is 0 Å². The average Bonchev–Trinajstić information content (AvgIpc) is 2.39. The average molecular weight is 284 g/mol. The summed E-state index contributed by atoms with van der Waals surface area (Å²) in [6, 6.07) is 6.03. The lowest BCUT2D eigenvalue weighted by atomic mass is 10.2. The van der Waals surface area contributed by atoms with Crippen LogP contribution in [-0.2, 0) is 10.0 Å². The van der Waals surface area contributed by atoms with E-state index >= 15 is 0 Å². The fraction of sp³-hybridized carbons (Fsp3) is 0.462. The van der Waals surface area contributed by atoms with Crippen molar-refractivity contribution in [1.29, 1.82) is 0 Å². The lowest BCUT2D eigenvalue weighted by molar-refractivity contribution is 0.0827. The second-order valence-corrected chi connectivity index (χ2v) is 6.25. The highest BCUT2D eigenvalue weighted by atomic mass is 32.2. The summed E-state index contributed by atoms with van der Waals surface area (Å²) in [6.45, 7) is 4.45. The van der Waals surface area contributed by atoms with E-state index in [9.17, 15) is 13.2 Å². The van der Waals surface area contributed by atoms with Crippen molar-refractivity contribution in [3.63, 3.8) is 0 Å². The number of amides is 1. The first kappa shape index (κ1) is 15.7. The van der Waals surface area contributed by atoms with E-state index < -0.39 is 10.0 Å². The Hall–Kier alpha value is -1.40. The molecule has 0 spiro atoms. The van der Waals surface area contributed by atoms with Gasteiger partial charge in [-0.3, -0.25) is 4.79 Å². The number of rotatable bonds is 5. The number of hydrogen-bond acceptors (Lipinski definition) is 3. The molecule has 1 amide bonds. The molecule has 0 aliphatic heterocycles. The highest BCUT2D eigenvalue weighted by molar-refractivity contribution is 7.89. The van der Waals surface area contributed by atoms with Crippen molar-refractivity contribution >= 4 is 15.9 Å². The summed E-state index contributed by atoms with van der Waals surface area (Å²) in [5.41, 5.74) is 0.475. The van der Waals surface area contributed by atoms with Crippen molar-refractivity contribution < 1.29 is 13.2 Å². The molecule has 0 aliphatic rings. The predicted molar refractivity (Wildman–Crippen MR) is 74.6 cm³/mol. The Kier molecular flexibility index (Phi) is 5.08. The molecule has 0 atom stereocenters. The molecule has 5 nitrogen and oxygen atoms in total. The van der Waals surface area contributed by atoms with Crippen LogP contribution >= 0.6 is 0 Å². The molecule has 0 saturated heterocycles. The first-order valence-corrected chi connectivity index (χ1v) is 7.60. The van der Waals surface area contributed by atoms with Gasteiger partial charge in [0.05, 0.1) is 4.90 Å². The van der Waals surface area contributed by atoms with E-state index in [2.05, 4.69) is 0 Å². The number of carbonyl (C=O) groups excluding carboxylic acids is 1. The minimum absolute atomic E-state index is 0.146. The lowest BCUT2D eigenvalue weighted by Gasteiger charge is -2.18. The minimum Gasteiger partial charge on any atom is -0.345 e. The molecule has 1 rings (SSSR count). The van der Waals surface area contributed by atoms with Crippen molar-refractivity contribution in [2.24, 2.45) is 0 Å². The largest absolute Gasteiger partial charge is 0.345 e. The molecule has 0 N–H and O–H groups in total. The van der Waals surface area contributed by atoms with Gasteiger partial charge in [0.1, 0.15) is 0 Å². The second kappa shape index (κ2) is 6.16. The Bertz CT molecular complexity index is 532. The third kappa shape index (κ3) is 3.33. The van der Waals surface area contributed by atoms with Crippen molar-refractivity contribution in [3.8, 4) is 0 Å². The van der Waals surface area contributed by atoms with Gasteiger partial charge in [0, 0.05) is 32.7 Å². The van der Waals surface area contributed by atoms with Crippen molar-refractivity contribution in [2.45, 2.75) is 18.7 Å². The fourth-order valence-corrected chi connectivity index (χ4v) is 3.20. The van der Waals surface area contributed by atoms with Gasteiger partial charge in [0.25, 0.3) is 5.91 Å². The van der Waals surface area contributed by atoms with Crippen LogP contribution in [0, 0.1) is 0 Å². The fourth-order valence-electron chi connectivity index (χ4n) is 1.74. The minimum atomic E-state index is -3.46. The van der Waals surface area contributed by atoms with Gasteiger partial charge < -0.3 is 4.90 Å². The Balaban J connectivity index is 3.09. The van der Waals surface area contributed by atoms with E-state index in [1.165, 1.54) is 21.3 Å². The third-order valence-corrected chi connectivity index (χ3v) is 4.91. The van der Waals surface area contributed by atoms with Crippen molar-refractivity contribution in [1.82, 2.24) is 9.21 Å². The van der Waals surface area contributed by atoms with E-state index in [1.54, 1.807) is 40.1 Å². The van der Waals surface area contributed by atoms with Crippen LogP contribution in [0.4, 0.5) is 0 Å². The van der Waals surface area contributed by atoms with E-state index in [0.717, 1.165) is 0 Å². The van der Waals surface area contributed by atoms with Crippen LogP contribution in [0.25, 0.3) is 0 Å². The summed E-state index contributed by atoms with van der Waals surface area (Å²) in [7, 11) is -0.144. The molecule has 106 valence electrons. The molecule has 0 radical (unpaired) electrons. The molecule has 0 bridgehead atoms. The van der Waals surface area contributed by atoms with Crippen molar-refractivity contribution in [2.75, 3.05) is 27.2 Å². The smallest absolute Gasteiger partial charge is 0.253 e. The highest BCUT2D eigenvalue weighted by Crippen LogP contribution is 2.16. The summed E-state index contributed by atoms with van der Waals surface area (Å²) in [6.07, 6.45) is 0. The van der Waals surface area contributed by atoms with Crippen LogP contribution < -0.4 is 0 Å². The highest BCUT2D eigenvalue weighted by Gasteiger charge is 2.21. The monoisotopic (exact) mass is 284 g/mol. The van der Waals surface area contributed by atoms with E-state index in [4.69, 9.17) is 0 Å². The van der Waals surface area contributed by atoms with Gasteiger partial charge in [-0.25, -0.2) is 8.42 Å². The van der Waals surface area contributed by atoms with E-state index in [-0.39, 0.29) is 10.8 Å². The van der Waals surface area contributed by atoms with Crippen LogP contribution in [-0.4, -0.2) is 50.7 Å². The van der Waals surface area contributed by atoms with Gasteiger partial charge in [-0.15, -0.1) is 0 Å². The molecule has 0 aromatic heterocycles. The Labute approximate surface area is 114 Å². The number of benzene rings is 1. The summed E-state index contributed by atoms with van der Waals surface area (Å²) < 4.78 is 25.9. The zero-order chi connectivity index (χ0) is 14.6. The molecule has 6 heteroatoms. The molecule has 1 aromatic rings. The predicted octanol–water partition coefficient (Wildman–Crippen LogP) is 1.42. The van der Waals surface area contributed by atoms with Gasteiger partial charge in [0.2, 0.25) is 10.0 Å². The third-order valence-electron chi connectivity index (χ3n) is 2.85. The SMILES string of the molecule is CCN(CC)S(=O)(=O)c1ccc(C(=O)N(C)C)cc1. The topological polar surface area (TPSA) is 57.7 Å². The molecule has 0 unspecified atom stereocenters. The number of sulfonamides is 1. The second-order valence-electron chi connectivity index (χ2n) is 4.31. The van der Waals surface area contributed by atoms with Crippen LogP contribution in [0.2, 0.25) is 0 Å². The number of nitrogens with zero attached hydrogens (tertiary/aromatic N) is 2. The summed E-state index contributed by atoms with van der Waals surface area (Å²) in [5.74, 6) is -0.146. The van der Waals surface area contributed by atoms with Gasteiger partial charge in [-0.1, -0.05) is 13.8 Å². The standard InChI is InChI=1S/C13H20N2O3S/c1-5-15(6-2)19(17,18)12-9-7-11(8-10-12)13(16)14(3)4/h7-10H,5-6H2,1-4H3. The summed E-state index contributed by atoms with van der Waals surface area (Å²) >= 11 is 0. The van der Waals surface area contributed by atoms with Crippen LogP contribution in [0.5, 0.6) is 0 Å². The molecular weight excluding hydrogens is 264 g/mol. The summed E-state index contributed by atoms with van der Waals surface area (Å²) in [5, 5.41) is 0. The first-order valence-electron chi connectivity index (χ1n) is 6.16. The lowest BCUT2D eigenvalue weighted by Crippen LogP contribution is -2.30. The zero-order valence-corrected chi connectivity index (χ0v) is 12.6. The van der Waals surface area contributed by atoms with Gasteiger partial charge in [0.15, 0.2) is 0 Å². The van der Waals surface area contributed by atoms with Crippen LogP contribution in [0.15, 0.2) is 29.2 Å². The van der Waals surface area contributed by atoms with Crippen molar-refractivity contribution in [3.05, 3.63) is 29.8 Å². The maximum Gasteiger partial charge on any atom is 0.253 e. The Morgan fingerprint density at radius 3 is 1.89 bits per heavy atom. The van der Waals surface area contributed by atoms with E-state index in [0.29, 0.717) is 18.7 Å². The quantitative estimate of drug-likeness (QED) is 0.821. The first-order chi connectivity index (χ1) is 8.84. The zero-order valence-electron chi connectivity index (χ0n) is 11.8. The molecule has 19 heavy (non-hydrogen) atoms. The maximum absolute atomic E-state index is 12.2. The van der Waals surface area contributed by atoms with Gasteiger partial charge in [-0.2, -0.15) is 4.31 Å².